The second-order valence-electron chi connectivity index (χ2n) is 4.29. The summed E-state index contributed by atoms with van der Waals surface area (Å²) in [6.45, 7) is 2.98. The van der Waals surface area contributed by atoms with E-state index in [2.05, 4.69) is 4.98 Å². The summed E-state index contributed by atoms with van der Waals surface area (Å²) < 4.78 is 7.07. The fourth-order valence-corrected chi connectivity index (χ4v) is 2.03. The van der Waals surface area contributed by atoms with E-state index in [1.165, 1.54) is 0 Å². The fourth-order valence-electron chi connectivity index (χ4n) is 1.78. The van der Waals surface area contributed by atoms with Gasteiger partial charge in [0.2, 0.25) is 0 Å². The lowest BCUT2D eigenvalue weighted by molar-refractivity contribution is 0.443. The molecule has 0 fully saturated rings. The van der Waals surface area contributed by atoms with Crippen LogP contribution in [0.3, 0.4) is 0 Å². The molecule has 1 heterocycles. The Bertz CT molecular complexity index is 655. The summed E-state index contributed by atoms with van der Waals surface area (Å²) in [5, 5.41) is 0.509. The van der Waals surface area contributed by atoms with Gasteiger partial charge >= 0.3 is 5.56 Å². The van der Waals surface area contributed by atoms with Crippen molar-refractivity contribution in [2.75, 3.05) is 0 Å². The Morgan fingerprint density at radius 3 is 2.90 bits per heavy atom. The van der Waals surface area contributed by atoms with E-state index in [1.807, 2.05) is 6.92 Å². The van der Waals surface area contributed by atoms with Gasteiger partial charge in [0.25, 0.3) is 5.88 Å². The Balaban J connectivity index is 2.28. The molecule has 0 atom stereocenters. The lowest BCUT2D eigenvalue weighted by Gasteiger charge is -2.08. The minimum atomic E-state index is -0.256. The average Bonchev–Trinajstić information content (AvgIpc) is 2.44. The van der Waals surface area contributed by atoms with Gasteiger partial charge in [-0.15, -0.1) is 0 Å². The Kier molecular flexibility index (Phi) is 4.76. The van der Waals surface area contributed by atoms with E-state index in [-0.39, 0.29) is 11.4 Å². The largest absolute Gasteiger partial charge is 0.435 e. The number of aromatic nitrogens is 2. The second-order valence-corrected chi connectivity index (χ2v) is 4.70. The molecule has 1 aromatic heterocycles. The standard InChI is InChI=1S/C14H16ClN3O2/c1-2-6-18-7-5-17-13(14(18)19)20-11-4-3-10(9-16)12(15)8-11/h3-5,7-8H,2,6,9,16H2,1H3. The summed E-state index contributed by atoms with van der Waals surface area (Å²) in [5.74, 6) is 0.503. The van der Waals surface area contributed by atoms with Crippen LogP contribution in [-0.4, -0.2) is 9.55 Å². The zero-order valence-corrected chi connectivity index (χ0v) is 11.9. The first kappa shape index (κ1) is 14.6. The highest BCUT2D eigenvalue weighted by molar-refractivity contribution is 6.31. The van der Waals surface area contributed by atoms with E-state index in [0.29, 0.717) is 23.9 Å². The van der Waals surface area contributed by atoms with Gasteiger partial charge in [0, 0.05) is 30.5 Å². The number of nitrogens with zero attached hydrogens (tertiary/aromatic N) is 2. The molecule has 0 aliphatic rings. The van der Waals surface area contributed by atoms with Gasteiger partial charge in [-0.25, -0.2) is 4.98 Å². The zero-order chi connectivity index (χ0) is 14.5. The number of hydrogen-bond acceptors (Lipinski definition) is 4. The van der Waals surface area contributed by atoms with Gasteiger partial charge in [-0.3, -0.25) is 4.79 Å². The molecule has 1 aromatic carbocycles. The predicted octanol–water partition coefficient (Wildman–Crippen LogP) is 2.56. The molecule has 5 nitrogen and oxygen atoms in total. The summed E-state index contributed by atoms with van der Waals surface area (Å²) >= 11 is 6.05. The van der Waals surface area contributed by atoms with Gasteiger partial charge in [-0.05, 0) is 24.1 Å². The summed E-state index contributed by atoms with van der Waals surface area (Å²) in [6, 6.07) is 5.11. The fraction of sp³-hybridized carbons (Fsp3) is 0.286. The van der Waals surface area contributed by atoms with Crippen LogP contribution in [-0.2, 0) is 13.1 Å². The van der Waals surface area contributed by atoms with Crippen molar-refractivity contribution in [1.82, 2.24) is 9.55 Å². The van der Waals surface area contributed by atoms with E-state index >= 15 is 0 Å². The van der Waals surface area contributed by atoms with Gasteiger partial charge in [0.15, 0.2) is 0 Å². The number of benzene rings is 1. The Morgan fingerprint density at radius 2 is 2.25 bits per heavy atom. The normalized spacial score (nSPS) is 10.6. The maximum absolute atomic E-state index is 12.1. The monoisotopic (exact) mass is 293 g/mol. The van der Waals surface area contributed by atoms with Gasteiger partial charge in [0.1, 0.15) is 5.75 Å². The molecule has 2 rings (SSSR count). The molecule has 0 aliphatic heterocycles. The van der Waals surface area contributed by atoms with Crippen molar-refractivity contribution in [1.29, 1.82) is 0 Å². The molecule has 106 valence electrons. The van der Waals surface area contributed by atoms with E-state index < -0.39 is 0 Å². The maximum Gasteiger partial charge on any atom is 0.313 e. The van der Waals surface area contributed by atoms with Crippen LogP contribution in [0.4, 0.5) is 0 Å². The van der Waals surface area contributed by atoms with Crippen molar-refractivity contribution in [2.24, 2.45) is 5.73 Å². The molecule has 0 aliphatic carbocycles. The number of rotatable bonds is 5. The first-order valence-corrected chi connectivity index (χ1v) is 6.75. The third-order valence-electron chi connectivity index (χ3n) is 2.81. The molecule has 0 radical (unpaired) electrons. The first-order valence-electron chi connectivity index (χ1n) is 6.37. The molecule has 0 saturated carbocycles. The third kappa shape index (κ3) is 3.18. The molecular formula is C14H16ClN3O2. The number of nitrogens with two attached hydrogens (primary N) is 1. The van der Waals surface area contributed by atoms with Crippen molar-refractivity contribution < 1.29 is 4.74 Å². The van der Waals surface area contributed by atoms with Gasteiger partial charge in [0.05, 0.1) is 0 Å². The number of halogens is 1. The van der Waals surface area contributed by atoms with Crippen molar-refractivity contribution >= 4 is 11.6 Å². The molecule has 0 amide bonds. The van der Waals surface area contributed by atoms with Crippen molar-refractivity contribution in [3.05, 3.63) is 51.5 Å². The highest BCUT2D eigenvalue weighted by Crippen LogP contribution is 2.24. The predicted molar refractivity (Wildman–Crippen MR) is 78.2 cm³/mol. The van der Waals surface area contributed by atoms with E-state index in [9.17, 15) is 4.79 Å². The molecule has 0 unspecified atom stereocenters. The van der Waals surface area contributed by atoms with Crippen LogP contribution in [0.15, 0.2) is 35.4 Å². The lowest BCUT2D eigenvalue weighted by atomic mass is 10.2. The number of aryl methyl sites for hydroxylation is 1. The van der Waals surface area contributed by atoms with Gasteiger partial charge in [-0.1, -0.05) is 24.6 Å². The van der Waals surface area contributed by atoms with Crippen LogP contribution >= 0.6 is 11.6 Å². The van der Waals surface area contributed by atoms with Crippen molar-refractivity contribution in [3.63, 3.8) is 0 Å². The Hall–Kier alpha value is -1.85. The van der Waals surface area contributed by atoms with Crippen LogP contribution in [0.5, 0.6) is 11.6 Å². The number of ether oxygens (including phenoxy) is 1. The van der Waals surface area contributed by atoms with Crippen LogP contribution < -0.4 is 16.0 Å². The molecule has 0 bridgehead atoms. The lowest BCUT2D eigenvalue weighted by Crippen LogP contribution is -2.21. The molecule has 0 spiro atoms. The maximum atomic E-state index is 12.1. The first-order chi connectivity index (χ1) is 9.65. The van der Waals surface area contributed by atoms with Crippen molar-refractivity contribution in [3.8, 4) is 11.6 Å². The van der Waals surface area contributed by atoms with E-state index in [4.69, 9.17) is 22.1 Å². The highest BCUT2D eigenvalue weighted by atomic mass is 35.5. The van der Waals surface area contributed by atoms with Crippen LogP contribution in [0.1, 0.15) is 18.9 Å². The van der Waals surface area contributed by atoms with Crippen LogP contribution in [0.2, 0.25) is 5.02 Å². The van der Waals surface area contributed by atoms with Gasteiger partial charge in [-0.2, -0.15) is 0 Å². The summed E-state index contributed by atoms with van der Waals surface area (Å²) in [5.41, 5.74) is 6.11. The molecule has 2 aromatic rings. The zero-order valence-electron chi connectivity index (χ0n) is 11.2. The van der Waals surface area contributed by atoms with Crippen molar-refractivity contribution in [2.45, 2.75) is 26.4 Å². The number of hydrogen-bond donors (Lipinski definition) is 1. The quantitative estimate of drug-likeness (QED) is 0.920. The molecule has 6 heteroatoms. The SMILES string of the molecule is CCCn1ccnc(Oc2ccc(CN)c(Cl)c2)c1=O. The summed E-state index contributed by atoms with van der Waals surface area (Å²) in [6.07, 6.45) is 4.05. The second kappa shape index (κ2) is 6.54. The molecule has 2 N–H and O–H groups in total. The third-order valence-corrected chi connectivity index (χ3v) is 3.16. The smallest absolute Gasteiger partial charge is 0.313 e. The average molecular weight is 294 g/mol. The highest BCUT2D eigenvalue weighted by Gasteiger charge is 2.08. The minimum absolute atomic E-state index is 0.0394. The molecule has 0 saturated heterocycles. The molecular weight excluding hydrogens is 278 g/mol. The summed E-state index contributed by atoms with van der Waals surface area (Å²) in [4.78, 5) is 16.1. The van der Waals surface area contributed by atoms with Crippen LogP contribution in [0.25, 0.3) is 0 Å². The topological polar surface area (TPSA) is 70.1 Å². The minimum Gasteiger partial charge on any atom is -0.435 e. The summed E-state index contributed by atoms with van der Waals surface area (Å²) in [7, 11) is 0. The molecule has 20 heavy (non-hydrogen) atoms. The van der Waals surface area contributed by atoms with Crippen LogP contribution in [0, 0.1) is 0 Å². The van der Waals surface area contributed by atoms with E-state index in [1.54, 1.807) is 35.2 Å². The van der Waals surface area contributed by atoms with Gasteiger partial charge < -0.3 is 15.0 Å². The van der Waals surface area contributed by atoms with E-state index in [0.717, 1.165) is 12.0 Å². The Labute approximate surface area is 122 Å². The Morgan fingerprint density at radius 1 is 1.45 bits per heavy atom.